The molecule has 1 spiro atoms. The van der Waals surface area contributed by atoms with Gasteiger partial charge in [-0.2, -0.15) is 0 Å². The summed E-state index contributed by atoms with van der Waals surface area (Å²) in [6.45, 7) is 4.38. The average molecular weight is 714 g/mol. The molecule has 0 aliphatic carbocycles. The van der Waals surface area contributed by atoms with Crippen LogP contribution < -0.4 is 20.0 Å². The molecule has 3 N–H and O–H groups in total. The number of amides is 3. The third-order valence-corrected chi connectivity index (χ3v) is 11.0. The van der Waals surface area contributed by atoms with E-state index in [-0.39, 0.29) is 37.9 Å². The van der Waals surface area contributed by atoms with Crippen LogP contribution >= 0.6 is 0 Å². The van der Waals surface area contributed by atoms with Crippen LogP contribution in [-0.4, -0.2) is 71.3 Å². The Morgan fingerprint density at radius 1 is 0.868 bits per heavy atom. The molecule has 0 bridgehead atoms. The Labute approximate surface area is 310 Å². The van der Waals surface area contributed by atoms with E-state index in [0.717, 1.165) is 35.6 Å². The summed E-state index contributed by atoms with van der Waals surface area (Å²) in [5, 5.41) is 25.2. The van der Waals surface area contributed by atoms with E-state index >= 15 is 0 Å². The fraction of sp³-hybridized carbons (Fsp3) is 0.326. The molecule has 10 nitrogen and oxygen atoms in total. The number of rotatable bonds is 12. The van der Waals surface area contributed by atoms with Crippen molar-refractivity contribution in [3.05, 3.63) is 138 Å². The zero-order chi connectivity index (χ0) is 37.0. The first-order chi connectivity index (χ1) is 25.8. The van der Waals surface area contributed by atoms with Crippen molar-refractivity contribution in [2.45, 2.75) is 50.4 Å². The van der Waals surface area contributed by atoms with Crippen LogP contribution in [0.3, 0.4) is 0 Å². The molecule has 2 atom stereocenters. The lowest BCUT2D eigenvalue weighted by atomic mass is 9.83. The molecule has 4 aromatic rings. The Balaban J connectivity index is 1.09. The van der Waals surface area contributed by atoms with Gasteiger partial charge in [0, 0.05) is 42.4 Å². The Hall–Kier alpha value is -5.29. The van der Waals surface area contributed by atoms with Crippen LogP contribution in [0.4, 0.5) is 17.1 Å². The number of hydrogen-bond acceptors (Lipinski definition) is 7. The van der Waals surface area contributed by atoms with Gasteiger partial charge in [0.2, 0.25) is 5.91 Å². The molecule has 10 heteroatoms. The number of benzene rings is 4. The quantitative estimate of drug-likeness (QED) is 0.178. The number of carbonyl (C=O) groups excluding carboxylic acids is 3. The minimum atomic E-state index is -1.84. The summed E-state index contributed by atoms with van der Waals surface area (Å²) in [5.74, 6) is -1.17. The smallest absolute Gasteiger partial charge is 0.264 e. The van der Waals surface area contributed by atoms with Crippen molar-refractivity contribution in [1.29, 1.82) is 0 Å². The Morgan fingerprint density at radius 2 is 1.53 bits per heavy atom. The minimum Gasteiger partial charge on any atom is -0.395 e. The van der Waals surface area contributed by atoms with Crippen molar-refractivity contribution in [3.8, 4) is 0 Å². The molecule has 53 heavy (non-hydrogen) atoms. The summed E-state index contributed by atoms with van der Waals surface area (Å²) in [6.07, 6.45) is 4.91. The predicted molar refractivity (Wildman–Crippen MR) is 206 cm³/mol. The van der Waals surface area contributed by atoms with Crippen molar-refractivity contribution in [2.75, 3.05) is 47.6 Å². The molecule has 0 radical (unpaired) electrons. The summed E-state index contributed by atoms with van der Waals surface area (Å²) in [6, 6.07) is 34.7. The van der Waals surface area contributed by atoms with Gasteiger partial charge in [0.15, 0.2) is 5.60 Å². The van der Waals surface area contributed by atoms with E-state index in [2.05, 4.69) is 22.3 Å². The van der Waals surface area contributed by atoms with Crippen molar-refractivity contribution < 1.29 is 24.6 Å². The number of para-hydroxylation sites is 2. The second-order valence-electron chi connectivity index (χ2n) is 14.2. The van der Waals surface area contributed by atoms with Gasteiger partial charge in [-0.3, -0.25) is 19.3 Å². The molecule has 3 aliphatic heterocycles. The largest absolute Gasteiger partial charge is 0.395 e. The molecule has 3 amide bonds. The van der Waals surface area contributed by atoms with Crippen molar-refractivity contribution in [3.63, 3.8) is 0 Å². The zero-order valence-corrected chi connectivity index (χ0v) is 30.1. The van der Waals surface area contributed by atoms with E-state index in [4.69, 9.17) is 0 Å². The number of nitrogens with one attached hydrogen (secondary N) is 1. The molecule has 3 aliphatic rings. The first-order valence-corrected chi connectivity index (χ1v) is 18.4. The van der Waals surface area contributed by atoms with Gasteiger partial charge in [-0.1, -0.05) is 97.9 Å². The number of anilines is 3. The molecule has 2 fully saturated rings. The molecule has 3 heterocycles. The maximum Gasteiger partial charge on any atom is 0.264 e. The van der Waals surface area contributed by atoms with Gasteiger partial charge in [0.05, 0.1) is 25.5 Å². The highest BCUT2D eigenvalue weighted by Gasteiger charge is 2.54. The summed E-state index contributed by atoms with van der Waals surface area (Å²) in [7, 11) is 0. The van der Waals surface area contributed by atoms with Crippen molar-refractivity contribution in [2.24, 2.45) is 5.92 Å². The van der Waals surface area contributed by atoms with Crippen LogP contribution in [0.15, 0.2) is 121 Å². The summed E-state index contributed by atoms with van der Waals surface area (Å²) >= 11 is 0. The molecule has 0 saturated carbocycles. The lowest BCUT2D eigenvalue weighted by Gasteiger charge is -2.39. The molecular formula is C43H47N5O5. The normalized spacial score (nSPS) is 20.0. The van der Waals surface area contributed by atoms with Crippen LogP contribution in [-0.2, 0) is 33.1 Å². The second-order valence-corrected chi connectivity index (χ2v) is 14.2. The van der Waals surface area contributed by atoms with Crippen LogP contribution in [0.5, 0.6) is 0 Å². The van der Waals surface area contributed by atoms with Crippen LogP contribution in [0.25, 0.3) is 0 Å². The number of aliphatic hydroxyl groups excluding tert-OH is 1. The molecule has 0 unspecified atom stereocenters. The highest BCUT2D eigenvalue weighted by atomic mass is 16.3. The van der Waals surface area contributed by atoms with E-state index in [1.165, 1.54) is 0 Å². The average Bonchev–Trinajstić information content (AvgIpc) is 3.59. The van der Waals surface area contributed by atoms with E-state index in [9.17, 15) is 24.6 Å². The lowest BCUT2D eigenvalue weighted by molar-refractivity contribution is -0.139. The predicted octanol–water partition coefficient (Wildman–Crippen LogP) is 4.96. The zero-order valence-electron chi connectivity index (χ0n) is 30.1. The monoisotopic (exact) mass is 713 g/mol. The summed E-state index contributed by atoms with van der Waals surface area (Å²) in [4.78, 5) is 49.0. The minimum absolute atomic E-state index is 0.0638. The van der Waals surface area contributed by atoms with Gasteiger partial charge in [-0.25, -0.2) is 0 Å². The van der Waals surface area contributed by atoms with Gasteiger partial charge in [0.1, 0.15) is 5.54 Å². The molecule has 274 valence electrons. The topological polar surface area (TPSA) is 117 Å². The third kappa shape index (κ3) is 6.85. The number of fused-ring (bicyclic) bond motifs is 1. The van der Waals surface area contributed by atoms with E-state index < -0.39 is 23.0 Å². The van der Waals surface area contributed by atoms with Gasteiger partial charge >= 0.3 is 0 Å². The van der Waals surface area contributed by atoms with E-state index in [0.29, 0.717) is 37.3 Å². The van der Waals surface area contributed by atoms with E-state index in [1.54, 1.807) is 34.9 Å². The van der Waals surface area contributed by atoms with Gasteiger partial charge in [-0.15, -0.1) is 0 Å². The van der Waals surface area contributed by atoms with Crippen LogP contribution in [0.2, 0.25) is 0 Å². The highest BCUT2D eigenvalue weighted by molar-refractivity contribution is 6.08. The molecule has 7 rings (SSSR count). The third-order valence-electron chi connectivity index (χ3n) is 11.0. The number of piperidine rings is 1. The fourth-order valence-corrected chi connectivity index (χ4v) is 8.09. The number of carbonyl (C=O) groups is 3. The first kappa shape index (κ1) is 36.1. The first-order valence-electron chi connectivity index (χ1n) is 18.4. The SMILES string of the molecule is C[C@H](/C=C/CC(=O)N(CCO)Cc1ccccc1)[C@@]1(O)C(=O)N(Cc2cccc(N3CN(c4ccccc4)C4(CCNCC4)C3=O)c2)c2ccccc21. The number of hydrogen-bond donors (Lipinski definition) is 3. The molecular weight excluding hydrogens is 667 g/mol. The van der Waals surface area contributed by atoms with Gasteiger partial charge in [-0.05, 0) is 67.4 Å². The van der Waals surface area contributed by atoms with Gasteiger partial charge < -0.3 is 30.2 Å². The molecule has 0 aromatic heterocycles. The van der Waals surface area contributed by atoms with Crippen molar-refractivity contribution >= 4 is 34.8 Å². The highest BCUT2D eigenvalue weighted by Crippen LogP contribution is 2.46. The molecule has 2 saturated heterocycles. The maximum atomic E-state index is 14.3. The fourth-order valence-electron chi connectivity index (χ4n) is 8.09. The standard InChI is InChI=1S/C43H47N5O5/c1-32(12-10-21-39(50)45(26-27-49)29-33-13-4-2-5-14-33)43(53)37-19-8-9-20-38(37)46(41(43)52)30-34-15-11-18-36(28-34)47-31-48(35-16-6-3-7-17-35)42(40(47)51)22-24-44-25-23-42/h2-20,28,32,44,49,53H,21-27,29-31H2,1H3/b12-10+/t32-,43+/m1/s1. The maximum absolute atomic E-state index is 14.3. The van der Waals surface area contributed by atoms with E-state index in [1.807, 2.05) is 95.9 Å². The summed E-state index contributed by atoms with van der Waals surface area (Å²) in [5.41, 5.74) is 2.24. The Morgan fingerprint density at radius 3 is 2.26 bits per heavy atom. The van der Waals surface area contributed by atoms with Crippen LogP contribution in [0, 0.1) is 5.92 Å². The summed E-state index contributed by atoms with van der Waals surface area (Å²) < 4.78 is 0. The van der Waals surface area contributed by atoms with Gasteiger partial charge in [0.25, 0.3) is 11.8 Å². The lowest BCUT2D eigenvalue weighted by Crippen LogP contribution is -2.55. The second kappa shape index (κ2) is 15.4. The Bertz CT molecular complexity index is 1960. The number of nitrogens with zero attached hydrogens (tertiary/aromatic N) is 4. The number of aliphatic hydroxyl groups is 2. The van der Waals surface area contributed by atoms with Crippen LogP contribution in [0.1, 0.15) is 42.9 Å². The Kier molecular flexibility index (Phi) is 10.5. The molecule has 4 aromatic carbocycles. The van der Waals surface area contributed by atoms with Crippen molar-refractivity contribution in [1.82, 2.24) is 10.2 Å².